The van der Waals surface area contributed by atoms with Crippen molar-refractivity contribution in [2.75, 3.05) is 6.61 Å². The number of alkyl halides is 4. The number of rotatable bonds is 6. The van der Waals surface area contributed by atoms with Crippen molar-refractivity contribution in [1.82, 2.24) is 0 Å². The summed E-state index contributed by atoms with van der Waals surface area (Å²) in [5, 5.41) is 2.95. The van der Waals surface area contributed by atoms with E-state index in [9.17, 15) is 26.0 Å². The lowest BCUT2D eigenvalue weighted by Crippen LogP contribution is -2.44. The third-order valence-electron chi connectivity index (χ3n) is 1.63. The quantitative estimate of drug-likeness (QED) is 0.457. The van der Waals surface area contributed by atoms with E-state index in [2.05, 4.69) is 10.7 Å². The monoisotopic (exact) mass is 272 g/mol. The topological polar surface area (TPSA) is 54.4 Å². The van der Waals surface area contributed by atoms with Gasteiger partial charge in [-0.25, -0.2) is 8.42 Å². The fourth-order valence-electron chi connectivity index (χ4n) is 0.783. The molecule has 0 aliphatic carbocycles. The first-order chi connectivity index (χ1) is 6.56. The van der Waals surface area contributed by atoms with Crippen LogP contribution in [-0.2, 0) is 9.05 Å². The molecule has 0 saturated carbocycles. The minimum atomic E-state index is -5.67. The van der Waals surface area contributed by atoms with Crippen LogP contribution in [0.3, 0.4) is 0 Å². The third-order valence-corrected chi connectivity index (χ3v) is 3.12. The normalized spacial score (nSPS) is 14.3. The molecule has 0 saturated heterocycles. The van der Waals surface area contributed by atoms with Crippen LogP contribution in [0.2, 0.25) is 0 Å². The molecule has 0 spiro atoms. The van der Waals surface area contributed by atoms with Crippen LogP contribution in [0, 0.1) is 0 Å². The maximum Gasteiger partial charge on any atom is 0.421 e. The average molecular weight is 273 g/mol. The molecule has 0 aliphatic rings. The molecular weight excluding hydrogens is 264 g/mol. The summed E-state index contributed by atoms with van der Waals surface area (Å²) in [6.45, 7) is -0.435. The van der Waals surface area contributed by atoms with Crippen molar-refractivity contribution >= 4 is 19.7 Å². The molecule has 0 aromatic rings. The molecule has 0 amide bonds. The third kappa shape index (κ3) is 3.46. The number of unbranched alkanes of at least 4 members (excludes halogenated alkanes) is 1. The molecule has 0 aromatic heterocycles. The zero-order valence-corrected chi connectivity index (χ0v) is 8.96. The van der Waals surface area contributed by atoms with Crippen molar-refractivity contribution in [1.29, 1.82) is 0 Å². The Morgan fingerprint density at radius 1 is 1.13 bits per heavy atom. The zero-order valence-electron chi connectivity index (χ0n) is 7.39. The maximum absolute atomic E-state index is 12.7. The maximum atomic E-state index is 12.7. The Hall–Kier alpha value is -0.0800. The summed E-state index contributed by atoms with van der Waals surface area (Å²) in [5.74, 6) is -4.73. The van der Waals surface area contributed by atoms with E-state index in [0.717, 1.165) is 0 Å². The first kappa shape index (κ1) is 14.9. The Bertz CT molecular complexity index is 303. The van der Waals surface area contributed by atoms with Gasteiger partial charge in [0.15, 0.2) is 0 Å². The molecule has 0 atom stereocenters. The molecular formula is C6H9ClF4O3S. The van der Waals surface area contributed by atoms with E-state index < -0.39 is 39.7 Å². The molecule has 0 fully saturated rings. The van der Waals surface area contributed by atoms with Gasteiger partial charge in [0.25, 0.3) is 0 Å². The van der Waals surface area contributed by atoms with Gasteiger partial charge < -0.3 is 5.11 Å². The first-order valence-corrected chi connectivity index (χ1v) is 6.18. The van der Waals surface area contributed by atoms with Crippen molar-refractivity contribution in [3.8, 4) is 0 Å². The highest BCUT2D eigenvalue weighted by atomic mass is 35.7. The van der Waals surface area contributed by atoms with Gasteiger partial charge >= 0.3 is 20.2 Å². The molecule has 92 valence electrons. The number of hydrogen-bond acceptors (Lipinski definition) is 3. The van der Waals surface area contributed by atoms with Crippen molar-refractivity contribution in [3.63, 3.8) is 0 Å². The van der Waals surface area contributed by atoms with E-state index in [1.54, 1.807) is 0 Å². The van der Waals surface area contributed by atoms with E-state index in [4.69, 9.17) is 5.11 Å². The largest absolute Gasteiger partial charge is 0.421 e. The lowest BCUT2D eigenvalue weighted by Gasteiger charge is -2.23. The Morgan fingerprint density at radius 3 is 1.93 bits per heavy atom. The number of halogens is 5. The Morgan fingerprint density at radius 2 is 1.60 bits per heavy atom. The van der Waals surface area contributed by atoms with Gasteiger partial charge in [0.05, 0.1) is 0 Å². The highest BCUT2D eigenvalue weighted by molar-refractivity contribution is 8.14. The summed E-state index contributed by atoms with van der Waals surface area (Å²) in [7, 11) is -1.46. The van der Waals surface area contributed by atoms with Crippen molar-refractivity contribution in [2.24, 2.45) is 0 Å². The molecule has 0 heterocycles. The zero-order chi connectivity index (χ0) is 12.3. The second-order valence-electron chi connectivity index (χ2n) is 2.84. The smallest absolute Gasteiger partial charge is 0.396 e. The molecule has 3 nitrogen and oxygen atoms in total. The van der Waals surface area contributed by atoms with Gasteiger partial charge in [-0.1, -0.05) is 0 Å². The Balaban J connectivity index is 4.71. The molecule has 0 radical (unpaired) electrons. The van der Waals surface area contributed by atoms with E-state index in [1.165, 1.54) is 0 Å². The van der Waals surface area contributed by atoms with E-state index in [0.29, 0.717) is 0 Å². The van der Waals surface area contributed by atoms with Gasteiger partial charge in [0, 0.05) is 23.7 Å². The van der Waals surface area contributed by atoms with E-state index in [-0.39, 0.29) is 6.42 Å². The van der Waals surface area contributed by atoms with Crippen LogP contribution < -0.4 is 0 Å². The van der Waals surface area contributed by atoms with Gasteiger partial charge in [-0.2, -0.15) is 17.6 Å². The van der Waals surface area contributed by atoms with Crippen LogP contribution in [0.15, 0.2) is 0 Å². The predicted octanol–water partition coefficient (Wildman–Crippen LogP) is 1.95. The average Bonchev–Trinajstić information content (AvgIpc) is 2.02. The molecule has 0 rings (SSSR count). The van der Waals surface area contributed by atoms with Crippen molar-refractivity contribution in [2.45, 2.75) is 30.4 Å². The van der Waals surface area contributed by atoms with Gasteiger partial charge in [-0.3, -0.25) is 0 Å². The number of aliphatic hydroxyl groups is 1. The molecule has 0 aliphatic heterocycles. The lowest BCUT2D eigenvalue weighted by molar-refractivity contribution is -0.160. The second kappa shape index (κ2) is 4.84. The molecule has 1 N–H and O–H groups in total. The SMILES string of the molecule is O=S(=O)(Cl)C(F)(F)C(F)(F)CCCCO. The Labute approximate surface area is 88.5 Å². The second-order valence-corrected chi connectivity index (χ2v) is 5.45. The summed E-state index contributed by atoms with van der Waals surface area (Å²) in [4.78, 5) is 0. The summed E-state index contributed by atoms with van der Waals surface area (Å²) in [5.41, 5.74) is 0. The minimum Gasteiger partial charge on any atom is -0.396 e. The van der Waals surface area contributed by atoms with Gasteiger partial charge in [-0.05, 0) is 12.8 Å². The number of hydrogen-bond donors (Lipinski definition) is 1. The minimum absolute atomic E-state index is 0.117. The summed E-state index contributed by atoms with van der Waals surface area (Å²) >= 11 is 0. The highest BCUT2D eigenvalue weighted by Gasteiger charge is 2.64. The van der Waals surface area contributed by atoms with Crippen LogP contribution in [-0.4, -0.2) is 31.3 Å². The summed E-state index contributed by atoms with van der Waals surface area (Å²) < 4.78 is 71.1. The van der Waals surface area contributed by atoms with Crippen LogP contribution >= 0.6 is 10.7 Å². The molecule has 15 heavy (non-hydrogen) atoms. The van der Waals surface area contributed by atoms with E-state index in [1.807, 2.05) is 0 Å². The van der Waals surface area contributed by atoms with Gasteiger partial charge in [0.1, 0.15) is 0 Å². The molecule has 0 unspecified atom stereocenters. The van der Waals surface area contributed by atoms with Gasteiger partial charge in [-0.15, -0.1) is 0 Å². The summed E-state index contributed by atoms with van der Waals surface area (Å²) in [6, 6.07) is 0. The Kier molecular flexibility index (Phi) is 4.81. The summed E-state index contributed by atoms with van der Waals surface area (Å²) in [6.07, 6.45) is -1.90. The lowest BCUT2D eigenvalue weighted by atomic mass is 10.1. The number of aliphatic hydroxyl groups excluding tert-OH is 1. The van der Waals surface area contributed by atoms with Crippen molar-refractivity contribution in [3.05, 3.63) is 0 Å². The van der Waals surface area contributed by atoms with Crippen LogP contribution in [0.1, 0.15) is 19.3 Å². The fourth-order valence-corrected chi connectivity index (χ4v) is 1.58. The molecule has 0 bridgehead atoms. The first-order valence-electron chi connectivity index (χ1n) is 3.87. The van der Waals surface area contributed by atoms with E-state index >= 15 is 0 Å². The van der Waals surface area contributed by atoms with Crippen molar-refractivity contribution < 1.29 is 31.1 Å². The molecule has 9 heteroatoms. The standard InChI is InChI=1S/C6H9ClF4O3S/c7-15(13,14)6(10,11)5(8,9)3-1-2-4-12/h12H,1-4H2. The molecule has 0 aromatic carbocycles. The predicted molar refractivity (Wildman–Crippen MR) is 45.6 cm³/mol. The van der Waals surface area contributed by atoms with Crippen LogP contribution in [0.25, 0.3) is 0 Å². The van der Waals surface area contributed by atoms with Gasteiger partial charge in [0.2, 0.25) is 0 Å². The van der Waals surface area contributed by atoms with Crippen LogP contribution in [0.4, 0.5) is 17.6 Å². The highest BCUT2D eigenvalue weighted by Crippen LogP contribution is 2.43. The van der Waals surface area contributed by atoms with Crippen LogP contribution in [0.5, 0.6) is 0 Å². The fraction of sp³-hybridized carbons (Fsp3) is 1.00.